The van der Waals surface area contributed by atoms with Crippen molar-refractivity contribution in [2.75, 3.05) is 18.0 Å². The van der Waals surface area contributed by atoms with Crippen LogP contribution in [0.4, 0.5) is 5.13 Å². The van der Waals surface area contributed by atoms with Crippen molar-refractivity contribution in [1.29, 1.82) is 0 Å². The largest absolute Gasteiger partial charge is 0.347 e. The van der Waals surface area contributed by atoms with Crippen molar-refractivity contribution in [1.82, 2.24) is 19.7 Å². The van der Waals surface area contributed by atoms with E-state index >= 15 is 0 Å². The molecule has 0 aliphatic carbocycles. The van der Waals surface area contributed by atoms with Crippen LogP contribution in [0.5, 0.6) is 0 Å². The van der Waals surface area contributed by atoms with Crippen LogP contribution >= 0.6 is 11.3 Å². The Kier molecular flexibility index (Phi) is 5.02. The predicted molar refractivity (Wildman–Crippen MR) is 119 cm³/mol. The van der Waals surface area contributed by atoms with Crippen LogP contribution in [0.25, 0.3) is 11.0 Å². The molecular formula is C23H25N5S. The van der Waals surface area contributed by atoms with E-state index in [1.165, 1.54) is 16.9 Å². The van der Waals surface area contributed by atoms with Crippen LogP contribution in [0.15, 0.2) is 54.6 Å². The number of hydrogen-bond donors (Lipinski definition) is 0. The molecule has 0 atom stereocenters. The number of imidazole rings is 1. The maximum atomic E-state index is 4.86. The second kappa shape index (κ2) is 7.95. The molecule has 6 heteroatoms. The fourth-order valence-corrected chi connectivity index (χ4v) is 5.21. The number of nitrogens with zero attached hydrogens (tertiary/aromatic N) is 5. The van der Waals surface area contributed by atoms with Gasteiger partial charge < -0.3 is 9.47 Å². The summed E-state index contributed by atoms with van der Waals surface area (Å²) < 4.78 is 2.48. The molecule has 0 N–H and O–H groups in total. The van der Waals surface area contributed by atoms with E-state index < -0.39 is 0 Å². The van der Waals surface area contributed by atoms with Crippen molar-refractivity contribution in [2.24, 2.45) is 0 Å². The molecule has 2 aromatic heterocycles. The van der Waals surface area contributed by atoms with E-state index in [0.29, 0.717) is 6.04 Å². The van der Waals surface area contributed by atoms with Gasteiger partial charge in [-0.1, -0.05) is 60.7 Å². The normalized spacial score (nSPS) is 15.3. The number of para-hydroxylation sites is 2. The summed E-state index contributed by atoms with van der Waals surface area (Å²) in [6.07, 6.45) is 4.05. The van der Waals surface area contributed by atoms with Gasteiger partial charge in [-0.15, -0.1) is 10.2 Å². The molecule has 1 aliphatic rings. The van der Waals surface area contributed by atoms with Crippen molar-refractivity contribution in [3.63, 3.8) is 0 Å². The maximum absolute atomic E-state index is 4.86. The van der Waals surface area contributed by atoms with E-state index in [-0.39, 0.29) is 0 Å². The lowest BCUT2D eigenvalue weighted by Crippen LogP contribution is -2.35. The van der Waals surface area contributed by atoms with E-state index in [1.54, 1.807) is 11.3 Å². The molecule has 5 rings (SSSR count). The van der Waals surface area contributed by atoms with Gasteiger partial charge in [0, 0.05) is 32.0 Å². The Bertz CT molecular complexity index is 1090. The number of fused-ring (bicyclic) bond motifs is 1. The average Bonchev–Trinajstić information content (AvgIpc) is 3.39. The van der Waals surface area contributed by atoms with Gasteiger partial charge in [-0.05, 0) is 30.5 Å². The highest BCUT2D eigenvalue weighted by Crippen LogP contribution is 2.32. The first kappa shape index (κ1) is 18.3. The minimum Gasteiger partial charge on any atom is -0.347 e. The Labute approximate surface area is 175 Å². The first-order valence-electron chi connectivity index (χ1n) is 10.4. The van der Waals surface area contributed by atoms with Crippen LogP contribution in [0.2, 0.25) is 0 Å². The first-order valence-corrected chi connectivity index (χ1v) is 11.2. The molecule has 4 aromatic rings. The van der Waals surface area contributed by atoms with Gasteiger partial charge >= 0.3 is 0 Å². The summed E-state index contributed by atoms with van der Waals surface area (Å²) in [5.41, 5.74) is 3.67. The highest BCUT2D eigenvalue weighted by Gasteiger charge is 2.25. The highest BCUT2D eigenvalue weighted by atomic mass is 32.1. The number of piperidine rings is 1. The van der Waals surface area contributed by atoms with Gasteiger partial charge in [-0.3, -0.25) is 0 Å². The lowest BCUT2D eigenvalue weighted by molar-refractivity contribution is 0.394. The smallest absolute Gasteiger partial charge is 0.208 e. The van der Waals surface area contributed by atoms with Crippen molar-refractivity contribution < 1.29 is 0 Å². The third kappa shape index (κ3) is 3.65. The zero-order valence-electron chi connectivity index (χ0n) is 16.7. The molecule has 0 amide bonds. The van der Waals surface area contributed by atoms with Gasteiger partial charge in [0.1, 0.15) is 10.8 Å². The van der Waals surface area contributed by atoms with Crippen LogP contribution in [0.1, 0.15) is 42.2 Å². The summed E-state index contributed by atoms with van der Waals surface area (Å²) in [4.78, 5) is 7.25. The number of hydrogen-bond acceptors (Lipinski definition) is 5. The van der Waals surface area contributed by atoms with E-state index in [2.05, 4.69) is 75.1 Å². The molecule has 5 nitrogen and oxygen atoms in total. The molecular weight excluding hydrogens is 378 g/mol. The monoisotopic (exact) mass is 403 g/mol. The SMILES string of the molecule is CCc1nc2ccccc2n1C1CCN(c2nnc(Cc3ccccc3)s2)CC1. The van der Waals surface area contributed by atoms with Crippen LogP contribution in [0, 0.1) is 0 Å². The van der Waals surface area contributed by atoms with Gasteiger partial charge in [-0.2, -0.15) is 0 Å². The summed E-state index contributed by atoms with van der Waals surface area (Å²) in [5, 5.41) is 11.1. The van der Waals surface area contributed by atoms with Crippen molar-refractivity contribution in [3.05, 3.63) is 71.0 Å². The number of benzene rings is 2. The molecule has 0 bridgehead atoms. The van der Waals surface area contributed by atoms with Crippen LogP contribution in [-0.4, -0.2) is 32.8 Å². The number of anilines is 1. The summed E-state index contributed by atoms with van der Waals surface area (Å²) in [7, 11) is 0. The molecule has 0 radical (unpaired) electrons. The molecule has 1 fully saturated rings. The number of aryl methyl sites for hydroxylation is 1. The minimum atomic E-state index is 0.505. The molecule has 0 unspecified atom stereocenters. The Morgan fingerprint density at radius 2 is 1.72 bits per heavy atom. The maximum Gasteiger partial charge on any atom is 0.208 e. The molecule has 1 aliphatic heterocycles. The predicted octanol–water partition coefficient (Wildman–Crippen LogP) is 4.88. The zero-order chi connectivity index (χ0) is 19.6. The van der Waals surface area contributed by atoms with Gasteiger partial charge in [0.25, 0.3) is 0 Å². The average molecular weight is 404 g/mol. The zero-order valence-corrected chi connectivity index (χ0v) is 17.5. The number of rotatable bonds is 5. The van der Waals surface area contributed by atoms with Crippen LogP contribution < -0.4 is 4.90 Å². The second-order valence-electron chi connectivity index (χ2n) is 7.60. The molecule has 29 heavy (non-hydrogen) atoms. The Balaban J connectivity index is 1.29. The third-order valence-electron chi connectivity index (χ3n) is 5.74. The standard InChI is InChI=1S/C23H25N5S/c1-2-21-24-19-10-6-7-11-20(19)28(21)18-12-14-27(15-13-18)23-26-25-22(29-23)16-17-8-4-3-5-9-17/h3-11,18H,2,12-16H2,1H3. The van der Waals surface area contributed by atoms with Gasteiger partial charge in [0.2, 0.25) is 5.13 Å². The second-order valence-corrected chi connectivity index (χ2v) is 8.64. The number of aromatic nitrogens is 4. The topological polar surface area (TPSA) is 46.8 Å². The first-order chi connectivity index (χ1) is 14.3. The van der Waals surface area contributed by atoms with Gasteiger partial charge in [0.15, 0.2) is 0 Å². The highest BCUT2D eigenvalue weighted by molar-refractivity contribution is 7.15. The van der Waals surface area contributed by atoms with E-state index in [0.717, 1.165) is 54.4 Å². The van der Waals surface area contributed by atoms with Crippen molar-refractivity contribution in [3.8, 4) is 0 Å². The Hall–Kier alpha value is -2.73. The molecule has 1 saturated heterocycles. The summed E-state index contributed by atoms with van der Waals surface area (Å²) >= 11 is 1.73. The summed E-state index contributed by atoms with van der Waals surface area (Å²) in [6.45, 7) is 4.23. The summed E-state index contributed by atoms with van der Waals surface area (Å²) in [5.74, 6) is 1.20. The Morgan fingerprint density at radius 1 is 0.966 bits per heavy atom. The molecule has 2 aromatic carbocycles. The van der Waals surface area contributed by atoms with E-state index in [4.69, 9.17) is 4.98 Å². The fraction of sp³-hybridized carbons (Fsp3) is 0.348. The van der Waals surface area contributed by atoms with Gasteiger partial charge in [0.05, 0.1) is 11.0 Å². The molecule has 0 spiro atoms. The lowest BCUT2D eigenvalue weighted by Gasteiger charge is -2.33. The Morgan fingerprint density at radius 3 is 2.52 bits per heavy atom. The lowest BCUT2D eigenvalue weighted by atomic mass is 10.0. The third-order valence-corrected chi connectivity index (χ3v) is 6.72. The van der Waals surface area contributed by atoms with Crippen LogP contribution in [-0.2, 0) is 12.8 Å². The van der Waals surface area contributed by atoms with Gasteiger partial charge in [-0.25, -0.2) is 4.98 Å². The van der Waals surface area contributed by atoms with E-state index in [9.17, 15) is 0 Å². The van der Waals surface area contributed by atoms with Crippen LogP contribution in [0.3, 0.4) is 0 Å². The minimum absolute atomic E-state index is 0.505. The fourth-order valence-electron chi connectivity index (χ4n) is 4.28. The van der Waals surface area contributed by atoms with Crippen molar-refractivity contribution >= 4 is 27.5 Å². The molecule has 148 valence electrons. The quantitative estimate of drug-likeness (QED) is 0.476. The summed E-state index contributed by atoms with van der Waals surface area (Å²) in [6, 6.07) is 19.5. The molecule has 3 heterocycles. The molecule has 0 saturated carbocycles. The van der Waals surface area contributed by atoms with E-state index in [1.807, 2.05) is 6.07 Å². The van der Waals surface area contributed by atoms with Crippen molar-refractivity contribution in [2.45, 2.75) is 38.6 Å².